The number of carbonyl (C=O) groups excluding carboxylic acids is 1. The monoisotopic (exact) mass is 257 g/mol. The molecule has 0 spiro atoms. The Balaban J connectivity index is 2.97. The molecule has 0 N–H and O–H groups in total. The van der Waals surface area contributed by atoms with Gasteiger partial charge in [-0.3, -0.25) is 4.79 Å². The molecule has 1 aromatic carbocycles. The molecule has 2 nitrogen and oxygen atoms in total. The second-order valence-corrected chi connectivity index (χ2v) is 3.72. The number of hydrogen-bond acceptors (Lipinski definition) is 2. The Morgan fingerprint density at radius 2 is 2.31 bits per heavy atom. The Bertz CT molecular complexity index is 372. The van der Waals surface area contributed by atoms with E-state index in [2.05, 4.69) is 15.9 Å². The molecule has 0 amide bonds. The van der Waals surface area contributed by atoms with Gasteiger partial charge in [0.2, 0.25) is 0 Å². The Kier molecular flexibility index (Phi) is 3.47. The summed E-state index contributed by atoms with van der Waals surface area (Å²) in [4.78, 5) is 10.6. The standard InChI is InChI=1S/C9H5BrClNO/c10-8(5-12)9(13)6-2-1-3-7(11)4-6/h1-4,8H. The Hall–Kier alpha value is -0.850. The quantitative estimate of drug-likeness (QED) is 0.604. The van der Waals surface area contributed by atoms with Gasteiger partial charge in [-0.15, -0.1) is 0 Å². The minimum atomic E-state index is -0.800. The van der Waals surface area contributed by atoms with Gasteiger partial charge in [-0.25, -0.2) is 0 Å². The first-order chi connectivity index (χ1) is 6.15. The van der Waals surface area contributed by atoms with Crippen molar-refractivity contribution in [1.82, 2.24) is 0 Å². The fourth-order valence-corrected chi connectivity index (χ4v) is 1.30. The predicted molar refractivity (Wildman–Crippen MR) is 54.1 cm³/mol. The highest BCUT2D eigenvalue weighted by Gasteiger charge is 2.15. The third-order valence-corrected chi connectivity index (χ3v) is 2.31. The summed E-state index contributed by atoms with van der Waals surface area (Å²) in [5.74, 6) is -0.273. The fraction of sp³-hybridized carbons (Fsp3) is 0.111. The Morgan fingerprint density at radius 3 is 2.85 bits per heavy atom. The fourth-order valence-electron chi connectivity index (χ4n) is 0.847. The zero-order valence-electron chi connectivity index (χ0n) is 6.50. The number of halogens is 2. The maximum atomic E-state index is 11.4. The minimum Gasteiger partial charge on any atom is -0.292 e. The summed E-state index contributed by atoms with van der Waals surface area (Å²) >= 11 is 8.64. The molecule has 13 heavy (non-hydrogen) atoms. The van der Waals surface area contributed by atoms with Gasteiger partial charge in [-0.05, 0) is 12.1 Å². The molecule has 0 bridgehead atoms. The predicted octanol–water partition coefficient (Wildman–Crippen LogP) is 2.81. The molecule has 0 aliphatic rings. The lowest BCUT2D eigenvalue weighted by Gasteiger charge is -2.00. The van der Waals surface area contributed by atoms with E-state index in [1.165, 1.54) is 6.07 Å². The van der Waals surface area contributed by atoms with Crippen LogP contribution in [0.25, 0.3) is 0 Å². The molecule has 1 rings (SSSR count). The SMILES string of the molecule is N#CC(Br)C(=O)c1cccc(Cl)c1. The van der Waals surface area contributed by atoms with Gasteiger partial charge in [0.1, 0.15) is 0 Å². The number of carbonyl (C=O) groups is 1. The number of Topliss-reactive ketones (excluding diaryl/α,β-unsaturated/α-hetero) is 1. The minimum absolute atomic E-state index is 0.273. The highest BCUT2D eigenvalue weighted by molar-refractivity contribution is 9.10. The zero-order valence-corrected chi connectivity index (χ0v) is 8.84. The van der Waals surface area contributed by atoms with Crippen molar-refractivity contribution in [1.29, 1.82) is 5.26 Å². The van der Waals surface area contributed by atoms with E-state index in [4.69, 9.17) is 16.9 Å². The van der Waals surface area contributed by atoms with Crippen molar-refractivity contribution in [3.05, 3.63) is 34.9 Å². The van der Waals surface area contributed by atoms with Crippen LogP contribution in [0.15, 0.2) is 24.3 Å². The highest BCUT2D eigenvalue weighted by atomic mass is 79.9. The third-order valence-electron chi connectivity index (χ3n) is 1.45. The lowest BCUT2D eigenvalue weighted by molar-refractivity contribution is 0.100. The molecule has 0 saturated carbocycles. The smallest absolute Gasteiger partial charge is 0.190 e. The average Bonchev–Trinajstić information content (AvgIpc) is 2.15. The second-order valence-electron chi connectivity index (χ2n) is 2.37. The van der Waals surface area contributed by atoms with E-state index in [1.54, 1.807) is 24.3 Å². The van der Waals surface area contributed by atoms with Gasteiger partial charge in [-0.2, -0.15) is 5.26 Å². The van der Waals surface area contributed by atoms with Crippen LogP contribution >= 0.6 is 27.5 Å². The van der Waals surface area contributed by atoms with Crippen LogP contribution in [0.5, 0.6) is 0 Å². The first kappa shape index (κ1) is 10.2. The van der Waals surface area contributed by atoms with Crippen LogP contribution in [-0.4, -0.2) is 10.6 Å². The van der Waals surface area contributed by atoms with Gasteiger partial charge >= 0.3 is 0 Å². The molecule has 0 saturated heterocycles. The van der Waals surface area contributed by atoms with Crippen LogP contribution in [0.3, 0.4) is 0 Å². The lowest BCUT2D eigenvalue weighted by Crippen LogP contribution is -2.11. The van der Waals surface area contributed by atoms with Gasteiger partial charge in [0.05, 0.1) is 6.07 Å². The first-order valence-electron chi connectivity index (χ1n) is 3.48. The number of rotatable bonds is 2. The summed E-state index contributed by atoms with van der Waals surface area (Å²) in [6, 6.07) is 8.32. The highest BCUT2D eigenvalue weighted by Crippen LogP contribution is 2.14. The molecule has 66 valence electrons. The summed E-state index contributed by atoms with van der Waals surface area (Å²) in [7, 11) is 0. The van der Waals surface area contributed by atoms with Crippen molar-refractivity contribution in [2.24, 2.45) is 0 Å². The van der Waals surface area contributed by atoms with Gasteiger partial charge in [-0.1, -0.05) is 39.7 Å². The van der Waals surface area contributed by atoms with Crippen LogP contribution in [-0.2, 0) is 0 Å². The number of hydrogen-bond donors (Lipinski definition) is 0. The maximum Gasteiger partial charge on any atom is 0.190 e. The molecular formula is C9H5BrClNO. The first-order valence-corrected chi connectivity index (χ1v) is 4.78. The normalized spacial score (nSPS) is 11.8. The molecule has 0 aliphatic carbocycles. The Labute approximate surface area is 89.3 Å². The van der Waals surface area contributed by atoms with Gasteiger partial charge < -0.3 is 0 Å². The van der Waals surface area contributed by atoms with Crippen molar-refractivity contribution in [3.63, 3.8) is 0 Å². The average molecular weight is 259 g/mol. The maximum absolute atomic E-state index is 11.4. The molecule has 0 fully saturated rings. The molecule has 4 heteroatoms. The summed E-state index contributed by atoms with van der Waals surface area (Å²) in [6.07, 6.45) is 0. The topological polar surface area (TPSA) is 40.9 Å². The molecular weight excluding hydrogens is 253 g/mol. The van der Waals surface area contributed by atoms with Crippen molar-refractivity contribution >= 4 is 33.3 Å². The van der Waals surface area contributed by atoms with Crippen molar-refractivity contribution < 1.29 is 4.79 Å². The van der Waals surface area contributed by atoms with Crippen LogP contribution < -0.4 is 0 Å². The lowest BCUT2D eigenvalue weighted by atomic mass is 10.1. The van der Waals surface area contributed by atoms with E-state index in [-0.39, 0.29) is 5.78 Å². The van der Waals surface area contributed by atoms with Crippen molar-refractivity contribution in [3.8, 4) is 6.07 Å². The molecule has 1 unspecified atom stereocenters. The summed E-state index contributed by atoms with van der Waals surface area (Å²) in [5, 5.41) is 8.97. The molecule has 1 atom stereocenters. The molecule has 0 aliphatic heterocycles. The Morgan fingerprint density at radius 1 is 1.62 bits per heavy atom. The van der Waals surface area contributed by atoms with Crippen molar-refractivity contribution in [2.45, 2.75) is 4.83 Å². The third kappa shape index (κ3) is 2.55. The van der Waals surface area contributed by atoms with E-state index in [9.17, 15) is 4.79 Å². The zero-order chi connectivity index (χ0) is 9.84. The van der Waals surface area contributed by atoms with E-state index in [0.29, 0.717) is 10.6 Å². The van der Waals surface area contributed by atoms with E-state index < -0.39 is 4.83 Å². The number of nitrogens with zero attached hydrogens (tertiary/aromatic N) is 1. The largest absolute Gasteiger partial charge is 0.292 e. The summed E-state index contributed by atoms with van der Waals surface area (Å²) in [6.45, 7) is 0. The number of ketones is 1. The molecule has 0 aromatic heterocycles. The number of alkyl halides is 1. The summed E-state index contributed by atoms with van der Waals surface area (Å²) < 4.78 is 0. The van der Waals surface area contributed by atoms with E-state index in [1.807, 2.05) is 0 Å². The van der Waals surface area contributed by atoms with Crippen LogP contribution in [0.1, 0.15) is 10.4 Å². The second kappa shape index (κ2) is 4.40. The summed E-state index contributed by atoms with van der Waals surface area (Å²) in [5.41, 5.74) is 0.441. The van der Waals surface area contributed by atoms with E-state index in [0.717, 1.165) is 0 Å². The van der Waals surface area contributed by atoms with Crippen LogP contribution in [0.4, 0.5) is 0 Å². The van der Waals surface area contributed by atoms with Crippen molar-refractivity contribution in [2.75, 3.05) is 0 Å². The van der Waals surface area contributed by atoms with Gasteiger partial charge in [0.15, 0.2) is 10.6 Å². The van der Waals surface area contributed by atoms with Crippen LogP contribution in [0.2, 0.25) is 5.02 Å². The van der Waals surface area contributed by atoms with Crippen LogP contribution in [0, 0.1) is 11.3 Å². The van der Waals surface area contributed by atoms with E-state index >= 15 is 0 Å². The molecule has 0 radical (unpaired) electrons. The number of benzene rings is 1. The number of nitriles is 1. The molecule has 0 heterocycles. The van der Waals surface area contributed by atoms with Gasteiger partial charge in [0, 0.05) is 10.6 Å². The molecule has 1 aromatic rings. The van der Waals surface area contributed by atoms with Gasteiger partial charge in [0.25, 0.3) is 0 Å².